The van der Waals surface area contributed by atoms with Crippen LogP contribution in [0, 0.1) is 12.7 Å². The Hall–Kier alpha value is -1.68. The third kappa shape index (κ3) is 2.48. The highest BCUT2D eigenvalue weighted by molar-refractivity contribution is 5.26. The molecule has 3 nitrogen and oxygen atoms in total. The van der Waals surface area contributed by atoms with Gasteiger partial charge in [0.1, 0.15) is 5.82 Å². The lowest BCUT2D eigenvalue weighted by molar-refractivity contribution is 0.451. The first-order valence-electron chi connectivity index (χ1n) is 7.14. The topological polar surface area (TPSA) is 29.9 Å². The molecule has 0 saturated heterocycles. The molecular weight excluding hydrogens is 253 g/mol. The number of hydrogen-bond acceptors (Lipinski definition) is 2. The van der Waals surface area contributed by atoms with Crippen molar-refractivity contribution in [2.24, 2.45) is 7.05 Å². The van der Waals surface area contributed by atoms with Crippen molar-refractivity contribution in [3.8, 4) is 0 Å². The van der Waals surface area contributed by atoms with Crippen LogP contribution in [0.25, 0.3) is 0 Å². The highest BCUT2D eigenvalue weighted by atomic mass is 19.1. The summed E-state index contributed by atoms with van der Waals surface area (Å²) in [5, 5.41) is 7.88. The second kappa shape index (κ2) is 5.37. The van der Waals surface area contributed by atoms with E-state index in [-0.39, 0.29) is 5.82 Å². The largest absolute Gasteiger partial charge is 0.306 e. The molecule has 1 atom stereocenters. The summed E-state index contributed by atoms with van der Waals surface area (Å²) in [5.41, 5.74) is 4.31. The van der Waals surface area contributed by atoms with E-state index in [0.717, 1.165) is 18.4 Å². The highest BCUT2D eigenvalue weighted by Gasteiger charge is 2.22. The molecule has 1 aromatic carbocycles. The molecule has 0 spiro atoms. The maximum Gasteiger partial charge on any atom is 0.126 e. The molecule has 1 aromatic heterocycles. The van der Waals surface area contributed by atoms with Gasteiger partial charge in [-0.3, -0.25) is 4.68 Å². The van der Waals surface area contributed by atoms with Crippen molar-refractivity contribution in [1.82, 2.24) is 15.1 Å². The third-order valence-corrected chi connectivity index (χ3v) is 4.16. The van der Waals surface area contributed by atoms with E-state index >= 15 is 0 Å². The molecule has 1 aliphatic rings. The molecule has 0 bridgehead atoms. The van der Waals surface area contributed by atoms with Gasteiger partial charge >= 0.3 is 0 Å². The normalized spacial score (nSPS) is 18.1. The van der Waals surface area contributed by atoms with E-state index in [1.165, 1.54) is 17.7 Å². The number of halogens is 1. The number of nitrogens with zero attached hydrogens (tertiary/aromatic N) is 2. The molecule has 1 unspecified atom stereocenters. The van der Waals surface area contributed by atoms with E-state index in [0.29, 0.717) is 18.2 Å². The summed E-state index contributed by atoms with van der Waals surface area (Å²) in [6.45, 7) is 2.48. The lowest BCUT2D eigenvalue weighted by Gasteiger charge is -2.24. The van der Waals surface area contributed by atoms with E-state index in [2.05, 4.69) is 10.4 Å². The summed E-state index contributed by atoms with van der Waals surface area (Å²) in [5.74, 6) is -0.130. The van der Waals surface area contributed by atoms with Gasteiger partial charge in [-0.25, -0.2) is 4.39 Å². The molecule has 3 rings (SSSR count). The number of aromatic nitrogens is 2. The Labute approximate surface area is 118 Å². The Bertz CT molecular complexity index is 618. The zero-order valence-electron chi connectivity index (χ0n) is 12.0. The van der Waals surface area contributed by atoms with Crippen LogP contribution < -0.4 is 5.32 Å². The minimum absolute atomic E-state index is 0.130. The van der Waals surface area contributed by atoms with Crippen LogP contribution in [0.1, 0.15) is 41.3 Å². The zero-order valence-corrected chi connectivity index (χ0v) is 12.0. The Balaban J connectivity index is 1.71. The smallest absolute Gasteiger partial charge is 0.126 e. The van der Waals surface area contributed by atoms with Crippen LogP contribution in [0.3, 0.4) is 0 Å². The minimum Gasteiger partial charge on any atom is -0.306 e. The van der Waals surface area contributed by atoms with Crippen molar-refractivity contribution >= 4 is 0 Å². The summed E-state index contributed by atoms with van der Waals surface area (Å²) in [6.07, 6.45) is 5.35. The minimum atomic E-state index is -0.130. The average Bonchev–Trinajstić information content (AvgIpc) is 2.83. The lowest BCUT2D eigenvalue weighted by atomic mass is 9.93. The van der Waals surface area contributed by atoms with Crippen molar-refractivity contribution in [2.75, 3.05) is 0 Å². The standard InChI is InChI=1S/C16H20FN3/c1-11-6-7-12(8-14(11)17)9-18-15-4-3-5-16-13(15)10-19-20(16)2/h6-8,10,15,18H,3-5,9H2,1-2H3. The average molecular weight is 273 g/mol. The summed E-state index contributed by atoms with van der Waals surface area (Å²) in [7, 11) is 2.00. The van der Waals surface area contributed by atoms with Crippen LogP contribution in [0.2, 0.25) is 0 Å². The molecule has 4 heteroatoms. The van der Waals surface area contributed by atoms with E-state index in [1.807, 2.05) is 30.1 Å². The highest BCUT2D eigenvalue weighted by Crippen LogP contribution is 2.29. The third-order valence-electron chi connectivity index (χ3n) is 4.16. The van der Waals surface area contributed by atoms with Gasteiger partial charge < -0.3 is 5.32 Å². The van der Waals surface area contributed by atoms with Gasteiger partial charge in [-0.2, -0.15) is 5.10 Å². The predicted molar refractivity (Wildman–Crippen MR) is 76.9 cm³/mol. The lowest BCUT2D eigenvalue weighted by Crippen LogP contribution is -2.25. The Morgan fingerprint density at radius 3 is 3.10 bits per heavy atom. The number of aryl methyl sites for hydroxylation is 2. The Morgan fingerprint density at radius 2 is 2.30 bits per heavy atom. The van der Waals surface area contributed by atoms with Crippen LogP contribution in [0.15, 0.2) is 24.4 Å². The molecule has 0 radical (unpaired) electrons. The number of hydrogen-bond donors (Lipinski definition) is 1. The quantitative estimate of drug-likeness (QED) is 0.931. The van der Waals surface area contributed by atoms with Gasteiger partial charge in [0.2, 0.25) is 0 Å². The maximum absolute atomic E-state index is 13.5. The van der Waals surface area contributed by atoms with Gasteiger partial charge in [-0.1, -0.05) is 12.1 Å². The van der Waals surface area contributed by atoms with Crippen LogP contribution in [-0.2, 0) is 20.0 Å². The molecule has 1 aliphatic carbocycles. The summed E-state index contributed by atoms with van der Waals surface area (Å²) >= 11 is 0. The van der Waals surface area contributed by atoms with Crippen LogP contribution >= 0.6 is 0 Å². The first kappa shape index (κ1) is 13.3. The molecule has 0 amide bonds. The molecule has 1 N–H and O–H groups in total. The van der Waals surface area contributed by atoms with Crippen LogP contribution in [0.4, 0.5) is 4.39 Å². The van der Waals surface area contributed by atoms with Crippen LogP contribution in [0.5, 0.6) is 0 Å². The molecule has 1 heterocycles. The monoisotopic (exact) mass is 273 g/mol. The zero-order chi connectivity index (χ0) is 14.1. The van der Waals surface area contributed by atoms with Gasteiger partial charge in [-0.05, 0) is 43.4 Å². The SMILES string of the molecule is Cc1ccc(CNC2CCCc3c2cnn3C)cc1F. The van der Waals surface area contributed by atoms with E-state index in [1.54, 1.807) is 13.0 Å². The fraction of sp³-hybridized carbons (Fsp3) is 0.438. The fourth-order valence-electron chi connectivity index (χ4n) is 2.91. The molecule has 20 heavy (non-hydrogen) atoms. The molecule has 0 saturated carbocycles. The van der Waals surface area contributed by atoms with E-state index < -0.39 is 0 Å². The Kier molecular flexibility index (Phi) is 3.57. The molecule has 2 aromatic rings. The first-order valence-corrected chi connectivity index (χ1v) is 7.14. The van der Waals surface area contributed by atoms with Crippen LogP contribution in [-0.4, -0.2) is 9.78 Å². The second-order valence-corrected chi connectivity index (χ2v) is 5.58. The molecule has 0 fully saturated rings. The van der Waals surface area contributed by atoms with Crippen molar-refractivity contribution in [3.63, 3.8) is 0 Å². The Morgan fingerprint density at radius 1 is 1.45 bits per heavy atom. The molecule has 0 aliphatic heterocycles. The van der Waals surface area contributed by atoms with Gasteiger partial charge in [0.05, 0.1) is 6.20 Å². The van der Waals surface area contributed by atoms with Gasteiger partial charge in [-0.15, -0.1) is 0 Å². The number of fused-ring (bicyclic) bond motifs is 1. The molecule has 106 valence electrons. The summed E-state index contributed by atoms with van der Waals surface area (Å²) < 4.78 is 15.5. The predicted octanol–water partition coefficient (Wildman–Crippen LogP) is 3.03. The second-order valence-electron chi connectivity index (χ2n) is 5.58. The first-order chi connectivity index (χ1) is 9.65. The van der Waals surface area contributed by atoms with Gasteiger partial charge in [0, 0.05) is 30.9 Å². The maximum atomic E-state index is 13.5. The number of benzene rings is 1. The fourth-order valence-corrected chi connectivity index (χ4v) is 2.91. The van der Waals surface area contributed by atoms with Crippen molar-refractivity contribution in [2.45, 2.75) is 38.8 Å². The number of nitrogens with one attached hydrogen (secondary N) is 1. The van der Waals surface area contributed by atoms with Crippen molar-refractivity contribution in [1.29, 1.82) is 0 Å². The summed E-state index contributed by atoms with van der Waals surface area (Å²) in [4.78, 5) is 0. The van der Waals surface area contributed by atoms with Gasteiger partial charge in [0.25, 0.3) is 0 Å². The van der Waals surface area contributed by atoms with E-state index in [9.17, 15) is 4.39 Å². The molecular formula is C16H20FN3. The van der Waals surface area contributed by atoms with Gasteiger partial charge in [0.15, 0.2) is 0 Å². The number of rotatable bonds is 3. The van der Waals surface area contributed by atoms with Crippen molar-refractivity contribution < 1.29 is 4.39 Å². The summed E-state index contributed by atoms with van der Waals surface area (Å²) in [6, 6.07) is 5.77. The van der Waals surface area contributed by atoms with E-state index in [4.69, 9.17) is 0 Å². The van der Waals surface area contributed by atoms with Crippen molar-refractivity contribution in [3.05, 3.63) is 52.6 Å².